The molecular formula is C11H18N2O3S. The lowest BCUT2D eigenvalue weighted by atomic mass is 10.3. The predicted molar refractivity (Wildman–Crippen MR) is 66.0 cm³/mol. The molecule has 0 aromatic carbocycles. The second-order valence-electron chi connectivity index (χ2n) is 4.53. The van der Waals surface area contributed by atoms with Gasteiger partial charge in [0.1, 0.15) is 0 Å². The first-order chi connectivity index (χ1) is 8.18. The molecule has 5 nitrogen and oxygen atoms in total. The van der Waals surface area contributed by atoms with Crippen LogP contribution in [0, 0.1) is 11.8 Å². The maximum atomic E-state index is 11.6. The molecule has 0 bridgehead atoms. The van der Waals surface area contributed by atoms with E-state index in [1.807, 2.05) is 11.8 Å². The molecule has 0 aromatic rings. The van der Waals surface area contributed by atoms with Crippen molar-refractivity contribution in [1.82, 2.24) is 10.2 Å². The zero-order valence-corrected chi connectivity index (χ0v) is 10.5. The normalized spacial score (nSPS) is 28.7. The molecule has 1 saturated heterocycles. The van der Waals surface area contributed by atoms with Crippen molar-refractivity contribution in [1.29, 1.82) is 0 Å². The van der Waals surface area contributed by atoms with Gasteiger partial charge in [0.05, 0.1) is 11.8 Å². The number of aliphatic carboxylic acids is 1. The fourth-order valence-corrected chi connectivity index (χ4v) is 3.03. The lowest BCUT2D eigenvalue weighted by molar-refractivity contribution is -0.140. The van der Waals surface area contributed by atoms with Crippen LogP contribution in [0.4, 0.5) is 0 Å². The molecular weight excluding hydrogens is 240 g/mol. The van der Waals surface area contributed by atoms with E-state index in [1.54, 1.807) is 0 Å². The van der Waals surface area contributed by atoms with Crippen LogP contribution < -0.4 is 5.32 Å². The molecule has 6 heteroatoms. The Kier molecular flexibility index (Phi) is 4.28. The van der Waals surface area contributed by atoms with E-state index in [2.05, 4.69) is 10.2 Å². The molecule has 1 aliphatic heterocycles. The Balaban J connectivity index is 1.59. The van der Waals surface area contributed by atoms with Gasteiger partial charge in [-0.3, -0.25) is 14.5 Å². The van der Waals surface area contributed by atoms with Crippen LogP contribution in [-0.4, -0.2) is 59.6 Å². The van der Waals surface area contributed by atoms with E-state index < -0.39 is 11.9 Å². The van der Waals surface area contributed by atoms with Gasteiger partial charge in [-0.15, -0.1) is 0 Å². The highest BCUT2D eigenvalue weighted by molar-refractivity contribution is 7.99. The topological polar surface area (TPSA) is 69.6 Å². The molecule has 17 heavy (non-hydrogen) atoms. The molecule has 96 valence electrons. The minimum Gasteiger partial charge on any atom is -0.481 e. The maximum Gasteiger partial charge on any atom is 0.307 e. The quantitative estimate of drug-likeness (QED) is 0.719. The monoisotopic (exact) mass is 258 g/mol. The summed E-state index contributed by atoms with van der Waals surface area (Å²) in [6, 6.07) is 0. The molecule has 1 heterocycles. The second kappa shape index (κ2) is 5.73. The molecule has 0 radical (unpaired) electrons. The van der Waals surface area contributed by atoms with E-state index in [0.717, 1.165) is 31.1 Å². The van der Waals surface area contributed by atoms with Crippen LogP contribution >= 0.6 is 11.8 Å². The largest absolute Gasteiger partial charge is 0.481 e. The maximum absolute atomic E-state index is 11.6. The Morgan fingerprint density at radius 1 is 1.29 bits per heavy atom. The van der Waals surface area contributed by atoms with Gasteiger partial charge in [-0.25, -0.2) is 0 Å². The van der Waals surface area contributed by atoms with Gasteiger partial charge in [0.25, 0.3) is 0 Å². The summed E-state index contributed by atoms with van der Waals surface area (Å²) in [6.45, 7) is 3.67. The summed E-state index contributed by atoms with van der Waals surface area (Å²) in [5.41, 5.74) is 0. The Morgan fingerprint density at radius 2 is 2.00 bits per heavy atom. The molecule has 0 aromatic heterocycles. The molecule has 2 aliphatic rings. The van der Waals surface area contributed by atoms with E-state index in [9.17, 15) is 9.59 Å². The van der Waals surface area contributed by atoms with Gasteiger partial charge in [-0.2, -0.15) is 11.8 Å². The number of carbonyl (C=O) groups excluding carboxylic acids is 1. The SMILES string of the molecule is O=C(O)C1CC1C(=O)NCCN1CCSCC1. The Bertz CT molecular complexity index is 305. The highest BCUT2D eigenvalue weighted by Crippen LogP contribution is 2.38. The summed E-state index contributed by atoms with van der Waals surface area (Å²) in [5.74, 6) is 0.655. The summed E-state index contributed by atoms with van der Waals surface area (Å²) in [7, 11) is 0. The smallest absolute Gasteiger partial charge is 0.307 e. The fraction of sp³-hybridized carbons (Fsp3) is 0.818. The summed E-state index contributed by atoms with van der Waals surface area (Å²) in [5, 5.41) is 11.5. The molecule has 0 spiro atoms. The van der Waals surface area contributed by atoms with Gasteiger partial charge in [-0.1, -0.05) is 0 Å². The van der Waals surface area contributed by atoms with Crippen molar-refractivity contribution in [2.75, 3.05) is 37.7 Å². The van der Waals surface area contributed by atoms with E-state index in [1.165, 1.54) is 0 Å². The summed E-state index contributed by atoms with van der Waals surface area (Å²) >= 11 is 1.96. The van der Waals surface area contributed by atoms with Crippen LogP contribution in [0.3, 0.4) is 0 Å². The third-order valence-electron chi connectivity index (χ3n) is 3.28. The van der Waals surface area contributed by atoms with Gasteiger partial charge in [0, 0.05) is 37.7 Å². The second-order valence-corrected chi connectivity index (χ2v) is 5.76. The van der Waals surface area contributed by atoms with Crippen molar-refractivity contribution < 1.29 is 14.7 Å². The van der Waals surface area contributed by atoms with Crippen LogP contribution in [0.5, 0.6) is 0 Å². The number of thioether (sulfide) groups is 1. The highest BCUT2D eigenvalue weighted by Gasteiger charge is 2.48. The molecule has 1 saturated carbocycles. The van der Waals surface area contributed by atoms with Crippen LogP contribution in [0.1, 0.15) is 6.42 Å². The number of nitrogens with zero attached hydrogens (tertiary/aromatic N) is 1. The third-order valence-corrected chi connectivity index (χ3v) is 4.22. The number of carboxylic acid groups (broad SMARTS) is 1. The van der Waals surface area contributed by atoms with Crippen molar-refractivity contribution in [3.05, 3.63) is 0 Å². The van der Waals surface area contributed by atoms with Crippen LogP contribution in [0.15, 0.2) is 0 Å². The molecule has 1 aliphatic carbocycles. The average molecular weight is 258 g/mol. The van der Waals surface area contributed by atoms with Gasteiger partial charge in [0.2, 0.25) is 5.91 Å². The van der Waals surface area contributed by atoms with Crippen LogP contribution in [0.25, 0.3) is 0 Å². The first-order valence-corrected chi connectivity index (χ1v) is 7.14. The molecule has 2 atom stereocenters. The predicted octanol–water partition coefficient (Wildman–Crippen LogP) is -0.128. The van der Waals surface area contributed by atoms with E-state index in [0.29, 0.717) is 13.0 Å². The first kappa shape index (κ1) is 12.7. The number of carboxylic acids is 1. The Labute approximate surface area is 105 Å². The van der Waals surface area contributed by atoms with Gasteiger partial charge in [-0.05, 0) is 6.42 Å². The van der Waals surface area contributed by atoms with Crippen molar-refractivity contribution >= 4 is 23.6 Å². The molecule has 2 fully saturated rings. The standard InChI is InChI=1S/C11H18N2O3S/c14-10(8-7-9(8)11(15)16)12-1-2-13-3-5-17-6-4-13/h8-9H,1-7H2,(H,12,14)(H,15,16). The van der Waals surface area contributed by atoms with Gasteiger partial charge >= 0.3 is 5.97 Å². The number of amides is 1. The minimum atomic E-state index is -0.849. The van der Waals surface area contributed by atoms with E-state index in [-0.39, 0.29) is 11.8 Å². The molecule has 1 amide bonds. The number of hydrogen-bond acceptors (Lipinski definition) is 4. The zero-order chi connectivity index (χ0) is 12.3. The summed E-state index contributed by atoms with van der Waals surface area (Å²) in [6.07, 6.45) is 0.502. The molecule has 2 rings (SSSR count). The van der Waals surface area contributed by atoms with Crippen LogP contribution in [0.2, 0.25) is 0 Å². The molecule has 2 unspecified atom stereocenters. The number of rotatable bonds is 5. The van der Waals surface area contributed by atoms with Crippen molar-refractivity contribution in [3.8, 4) is 0 Å². The Morgan fingerprint density at radius 3 is 2.59 bits per heavy atom. The number of hydrogen-bond donors (Lipinski definition) is 2. The van der Waals surface area contributed by atoms with Gasteiger partial charge < -0.3 is 10.4 Å². The van der Waals surface area contributed by atoms with Gasteiger partial charge in [0.15, 0.2) is 0 Å². The highest BCUT2D eigenvalue weighted by atomic mass is 32.2. The zero-order valence-electron chi connectivity index (χ0n) is 9.72. The van der Waals surface area contributed by atoms with Crippen molar-refractivity contribution in [3.63, 3.8) is 0 Å². The Hall–Kier alpha value is -0.750. The summed E-state index contributed by atoms with van der Waals surface area (Å²) < 4.78 is 0. The fourth-order valence-electron chi connectivity index (χ4n) is 2.05. The molecule has 2 N–H and O–H groups in total. The van der Waals surface area contributed by atoms with E-state index >= 15 is 0 Å². The van der Waals surface area contributed by atoms with Crippen molar-refractivity contribution in [2.45, 2.75) is 6.42 Å². The lowest BCUT2D eigenvalue weighted by Crippen LogP contribution is -2.39. The average Bonchev–Trinajstić information content (AvgIpc) is 3.10. The number of carbonyl (C=O) groups is 2. The van der Waals surface area contributed by atoms with E-state index in [4.69, 9.17) is 5.11 Å². The minimum absolute atomic E-state index is 0.0937. The van der Waals surface area contributed by atoms with Crippen LogP contribution in [-0.2, 0) is 9.59 Å². The van der Waals surface area contributed by atoms with Crippen molar-refractivity contribution in [2.24, 2.45) is 11.8 Å². The summed E-state index contributed by atoms with van der Waals surface area (Å²) in [4.78, 5) is 24.5. The lowest BCUT2D eigenvalue weighted by Gasteiger charge is -2.25. The first-order valence-electron chi connectivity index (χ1n) is 5.99. The number of nitrogens with one attached hydrogen (secondary N) is 1. The third kappa shape index (κ3) is 3.61.